The van der Waals surface area contributed by atoms with Gasteiger partial charge in [-0.2, -0.15) is 0 Å². The van der Waals surface area contributed by atoms with Crippen LogP contribution < -0.4 is 0 Å². The van der Waals surface area contributed by atoms with E-state index in [1.807, 2.05) is 0 Å². The number of benzene rings is 2. The summed E-state index contributed by atoms with van der Waals surface area (Å²) in [6.07, 6.45) is 6.93. The number of hydrogen-bond acceptors (Lipinski definition) is 0. The normalized spacial score (nSPS) is 19.9. The SMILES string of the molecule is CC1=[C]([Hf]([Cl])[Cl])C2=CC=C[C](=[Ge]([CH3])[CH3])C(C)C2=C1C1c2ccccc2-c2ccccc21. The van der Waals surface area contributed by atoms with E-state index >= 15 is 0 Å². The van der Waals surface area contributed by atoms with Crippen molar-refractivity contribution in [2.24, 2.45) is 5.92 Å². The number of hydrogen-bond donors (Lipinski definition) is 0. The van der Waals surface area contributed by atoms with Crippen LogP contribution in [-0.2, 0) is 19.1 Å². The van der Waals surface area contributed by atoms with Crippen molar-refractivity contribution in [1.29, 1.82) is 0 Å². The van der Waals surface area contributed by atoms with Gasteiger partial charge in [0.25, 0.3) is 0 Å². The van der Waals surface area contributed by atoms with Gasteiger partial charge in [-0.25, -0.2) is 0 Å². The van der Waals surface area contributed by atoms with E-state index in [1.54, 1.807) is 4.35 Å². The summed E-state index contributed by atoms with van der Waals surface area (Å²) in [6, 6.07) is 17.8. The van der Waals surface area contributed by atoms with E-state index in [1.165, 1.54) is 47.9 Å². The molecular formula is C27H25Cl2GeHf. The Morgan fingerprint density at radius 1 is 0.871 bits per heavy atom. The van der Waals surface area contributed by atoms with E-state index in [0.717, 1.165) is 0 Å². The third-order valence-corrected chi connectivity index (χ3v) is 17.4. The second-order valence-corrected chi connectivity index (χ2v) is 25.7. The Bertz CT molecular complexity index is 1210. The second kappa shape index (κ2) is 8.56. The molecule has 0 saturated heterocycles. The van der Waals surface area contributed by atoms with Gasteiger partial charge < -0.3 is 0 Å². The van der Waals surface area contributed by atoms with E-state index in [9.17, 15) is 0 Å². The zero-order valence-corrected chi connectivity index (χ0v) is 25.5. The summed E-state index contributed by atoms with van der Waals surface area (Å²) < 4.78 is 2.94. The molecule has 0 N–H and O–H groups in total. The number of allylic oxidation sites excluding steroid dienone is 8. The fourth-order valence-electron chi connectivity index (χ4n) is 5.69. The van der Waals surface area contributed by atoms with Crippen molar-refractivity contribution in [2.75, 3.05) is 0 Å². The maximum absolute atomic E-state index is 6.80. The van der Waals surface area contributed by atoms with Crippen molar-refractivity contribution in [1.82, 2.24) is 0 Å². The molecule has 2 aromatic rings. The van der Waals surface area contributed by atoms with Crippen LogP contribution in [0.4, 0.5) is 0 Å². The van der Waals surface area contributed by atoms with Gasteiger partial charge in [-0.3, -0.25) is 0 Å². The van der Waals surface area contributed by atoms with Crippen LogP contribution >= 0.6 is 17.2 Å². The van der Waals surface area contributed by atoms with Crippen molar-refractivity contribution in [3.05, 3.63) is 104 Å². The standard InChI is InChI=1S/C27H25Ge.2ClH.Hf/c1-17-16-19-10-9-15-24(28(3)4)18(2)26(19)25(17)27-22-13-7-5-11-20(22)21-12-6-8-14-23(21)27;;;/h5-15,18,27H,1-4H3;2*1H;/q;;;+2/p-2. The predicted molar refractivity (Wildman–Crippen MR) is 134 cm³/mol. The summed E-state index contributed by atoms with van der Waals surface area (Å²) in [5, 5.41) is 0. The molecule has 5 rings (SSSR count). The van der Waals surface area contributed by atoms with Crippen molar-refractivity contribution < 1.29 is 19.1 Å². The van der Waals surface area contributed by atoms with Gasteiger partial charge in [0.1, 0.15) is 0 Å². The summed E-state index contributed by atoms with van der Waals surface area (Å²) in [4.78, 5) is 0. The van der Waals surface area contributed by atoms with Gasteiger partial charge in [0.05, 0.1) is 0 Å². The Labute approximate surface area is 204 Å². The van der Waals surface area contributed by atoms with Gasteiger partial charge in [-0.05, 0) is 0 Å². The average Bonchev–Trinajstić information content (AvgIpc) is 3.15. The molecule has 1 atom stereocenters. The molecule has 0 aliphatic heterocycles. The molecule has 155 valence electrons. The molecule has 0 bridgehead atoms. The fraction of sp³-hybridized carbons (Fsp3) is 0.222. The van der Waals surface area contributed by atoms with Crippen LogP contribution in [0.5, 0.6) is 0 Å². The first kappa shape index (κ1) is 22.1. The molecule has 0 heterocycles. The first-order valence-corrected chi connectivity index (χ1v) is 26.7. The molecule has 1 unspecified atom stereocenters. The van der Waals surface area contributed by atoms with Crippen molar-refractivity contribution >= 4 is 35.4 Å². The Hall–Kier alpha value is -0.737. The molecule has 3 aliphatic rings. The summed E-state index contributed by atoms with van der Waals surface area (Å²) >= 11 is -4.08. The van der Waals surface area contributed by atoms with E-state index in [2.05, 4.69) is 92.1 Å². The van der Waals surface area contributed by atoms with E-state index in [0.29, 0.717) is 5.92 Å². The Kier molecular flexibility index (Phi) is 6.09. The first-order chi connectivity index (χ1) is 14.9. The minimum atomic E-state index is -2.84. The topological polar surface area (TPSA) is 0 Å². The first-order valence-electron chi connectivity index (χ1n) is 10.8. The second-order valence-electron chi connectivity index (χ2n) is 8.81. The minimum absolute atomic E-state index is 0.251. The van der Waals surface area contributed by atoms with E-state index in [-0.39, 0.29) is 5.92 Å². The van der Waals surface area contributed by atoms with Gasteiger partial charge in [-0.1, -0.05) is 0 Å². The molecule has 0 spiro atoms. The van der Waals surface area contributed by atoms with Crippen LogP contribution in [0, 0.1) is 5.92 Å². The Morgan fingerprint density at radius 3 is 2.00 bits per heavy atom. The summed E-state index contributed by atoms with van der Waals surface area (Å²) in [5.41, 5.74) is 11.2. The number of halogens is 2. The number of rotatable bonds is 2. The summed E-state index contributed by atoms with van der Waals surface area (Å²) in [7, 11) is 13.6. The van der Waals surface area contributed by atoms with Crippen LogP contribution in [0.1, 0.15) is 30.9 Å². The molecule has 0 saturated carbocycles. The summed E-state index contributed by atoms with van der Waals surface area (Å²) in [6.45, 7) is 4.68. The third kappa shape index (κ3) is 3.46. The molecule has 31 heavy (non-hydrogen) atoms. The van der Waals surface area contributed by atoms with Crippen molar-refractivity contribution in [3.8, 4) is 11.1 Å². The van der Waals surface area contributed by atoms with Crippen LogP contribution in [0.2, 0.25) is 11.5 Å². The van der Waals surface area contributed by atoms with E-state index in [4.69, 9.17) is 17.2 Å². The molecule has 0 aromatic heterocycles. The summed E-state index contributed by atoms with van der Waals surface area (Å²) in [5.74, 6) is 5.59. The van der Waals surface area contributed by atoms with Gasteiger partial charge >= 0.3 is 206 Å². The fourth-order valence-corrected chi connectivity index (χ4v) is 15.7. The molecule has 4 heteroatoms. The number of fused-ring (bicyclic) bond motifs is 4. The van der Waals surface area contributed by atoms with Gasteiger partial charge in [-0.15, -0.1) is 0 Å². The van der Waals surface area contributed by atoms with Crippen LogP contribution in [-0.4, -0.2) is 18.3 Å². The van der Waals surface area contributed by atoms with Crippen LogP contribution in [0.3, 0.4) is 0 Å². The van der Waals surface area contributed by atoms with E-state index < -0.39 is 33.0 Å². The third-order valence-electron chi connectivity index (χ3n) is 6.96. The average molecular weight is 672 g/mol. The molecular weight excluding hydrogens is 646 g/mol. The molecule has 0 radical (unpaired) electrons. The zero-order chi connectivity index (χ0) is 21.9. The Balaban J connectivity index is 1.85. The maximum atomic E-state index is 6.80. The monoisotopic (exact) mass is 673 g/mol. The molecule has 2 aromatic carbocycles. The van der Waals surface area contributed by atoms with Crippen LogP contribution in [0.15, 0.2) is 92.4 Å². The molecule has 3 aliphatic carbocycles. The quantitative estimate of drug-likeness (QED) is 0.285. The van der Waals surface area contributed by atoms with Gasteiger partial charge in [0.15, 0.2) is 0 Å². The molecule has 0 nitrogen and oxygen atoms in total. The predicted octanol–water partition coefficient (Wildman–Crippen LogP) is 7.95. The van der Waals surface area contributed by atoms with Gasteiger partial charge in [0, 0.05) is 0 Å². The molecule has 0 fully saturated rings. The van der Waals surface area contributed by atoms with Gasteiger partial charge in [0.2, 0.25) is 0 Å². The van der Waals surface area contributed by atoms with Crippen molar-refractivity contribution in [2.45, 2.75) is 31.3 Å². The van der Waals surface area contributed by atoms with Crippen LogP contribution in [0.25, 0.3) is 11.1 Å². The zero-order valence-electron chi connectivity index (χ0n) is 18.3. The van der Waals surface area contributed by atoms with Crippen molar-refractivity contribution in [3.63, 3.8) is 0 Å². The Morgan fingerprint density at radius 2 is 1.45 bits per heavy atom. The molecule has 0 amide bonds.